The van der Waals surface area contributed by atoms with E-state index >= 15 is 0 Å². The fraction of sp³-hybridized carbons (Fsp3) is 0.389. The zero-order valence-electron chi connectivity index (χ0n) is 13.9. The topological polar surface area (TPSA) is 93.2 Å². The average molecular weight is 339 g/mol. The van der Waals surface area contributed by atoms with Gasteiger partial charge in [0.25, 0.3) is 11.8 Å². The molecule has 2 fully saturated rings. The molecule has 0 radical (unpaired) electrons. The fourth-order valence-electron chi connectivity index (χ4n) is 3.84. The Kier molecular flexibility index (Phi) is 3.80. The van der Waals surface area contributed by atoms with Gasteiger partial charge < -0.3 is 16.0 Å². The quantitative estimate of drug-likeness (QED) is 0.865. The van der Waals surface area contributed by atoms with Crippen LogP contribution >= 0.6 is 0 Å². The van der Waals surface area contributed by atoms with E-state index in [1.807, 2.05) is 35.2 Å². The Balaban J connectivity index is 1.62. The van der Waals surface area contributed by atoms with Crippen molar-refractivity contribution in [1.29, 1.82) is 0 Å². The first-order chi connectivity index (χ1) is 12.1. The molecule has 0 saturated carbocycles. The van der Waals surface area contributed by atoms with Crippen molar-refractivity contribution in [2.75, 3.05) is 26.2 Å². The van der Waals surface area contributed by atoms with Gasteiger partial charge in [-0.3, -0.25) is 9.59 Å². The van der Waals surface area contributed by atoms with Gasteiger partial charge in [-0.2, -0.15) is 5.10 Å². The molecule has 3 heterocycles. The highest BCUT2D eigenvalue weighted by atomic mass is 16.2. The van der Waals surface area contributed by atoms with Crippen molar-refractivity contribution in [2.45, 2.75) is 12.8 Å². The minimum atomic E-state index is -0.603. The summed E-state index contributed by atoms with van der Waals surface area (Å²) in [6.45, 7) is 3.44. The molecule has 2 amide bonds. The van der Waals surface area contributed by atoms with Crippen molar-refractivity contribution in [2.24, 2.45) is 11.1 Å². The van der Waals surface area contributed by atoms with Crippen LogP contribution in [-0.4, -0.2) is 52.7 Å². The zero-order valence-corrected chi connectivity index (χ0v) is 13.9. The Labute approximate surface area is 145 Å². The number of carbonyl (C=O) groups is 2. The van der Waals surface area contributed by atoms with E-state index in [0.717, 1.165) is 39.0 Å². The van der Waals surface area contributed by atoms with Crippen LogP contribution in [-0.2, 0) is 0 Å². The van der Waals surface area contributed by atoms with Crippen molar-refractivity contribution in [3.63, 3.8) is 0 Å². The van der Waals surface area contributed by atoms with Crippen LogP contribution in [0.1, 0.15) is 33.8 Å². The molecule has 4 rings (SSSR count). The second-order valence-electron chi connectivity index (χ2n) is 6.93. The van der Waals surface area contributed by atoms with Crippen molar-refractivity contribution >= 4 is 11.8 Å². The number of likely N-dealkylation sites (tertiary alicyclic amines) is 1. The number of benzene rings is 1. The zero-order chi connectivity index (χ0) is 17.4. The highest BCUT2D eigenvalue weighted by molar-refractivity contribution is 5.97. The summed E-state index contributed by atoms with van der Waals surface area (Å²) in [6.07, 6.45) is 2.11. The maximum absolute atomic E-state index is 12.9. The Morgan fingerprint density at radius 2 is 2.00 bits per heavy atom. The van der Waals surface area contributed by atoms with Crippen LogP contribution in [0.25, 0.3) is 5.69 Å². The van der Waals surface area contributed by atoms with E-state index in [9.17, 15) is 9.59 Å². The molecule has 1 spiro atoms. The van der Waals surface area contributed by atoms with E-state index in [4.69, 9.17) is 5.73 Å². The molecule has 7 nitrogen and oxygen atoms in total. The monoisotopic (exact) mass is 339 g/mol. The van der Waals surface area contributed by atoms with E-state index < -0.39 is 5.91 Å². The number of para-hydroxylation sites is 1. The van der Waals surface area contributed by atoms with E-state index in [2.05, 4.69) is 10.4 Å². The summed E-state index contributed by atoms with van der Waals surface area (Å²) in [5.74, 6) is -0.741. The number of hydrogen-bond acceptors (Lipinski definition) is 4. The van der Waals surface area contributed by atoms with Gasteiger partial charge in [0.2, 0.25) is 0 Å². The molecule has 2 saturated heterocycles. The Morgan fingerprint density at radius 3 is 2.68 bits per heavy atom. The molecule has 130 valence electrons. The molecule has 0 bridgehead atoms. The molecule has 25 heavy (non-hydrogen) atoms. The van der Waals surface area contributed by atoms with Crippen molar-refractivity contribution in [1.82, 2.24) is 20.0 Å². The third kappa shape index (κ3) is 2.80. The average Bonchev–Trinajstić information content (AvgIpc) is 3.36. The first kappa shape index (κ1) is 15.8. The number of hydrogen-bond donors (Lipinski definition) is 2. The molecule has 2 aromatic rings. The summed E-state index contributed by atoms with van der Waals surface area (Å²) in [7, 11) is 0. The second-order valence-corrected chi connectivity index (χ2v) is 6.93. The lowest BCUT2D eigenvalue weighted by Gasteiger charge is -2.22. The lowest BCUT2D eigenvalue weighted by atomic mass is 9.87. The van der Waals surface area contributed by atoms with Crippen molar-refractivity contribution in [3.05, 3.63) is 47.8 Å². The normalized spacial score (nSPS) is 22.6. The van der Waals surface area contributed by atoms with Crippen LogP contribution in [0.5, 0.6) is 0 Å². The molecular weight excluding hydrogens is 318 g/mol. The molecule has 2 aliphatic heterocycles. The van der Waals surface area contributed by atoms with Gasteiger partial charge in [0.1, 0.15) is 5.69 Å². The van der Waals surface area contributed by atoms with E-state index in [1.165, 1.54) is 10.7 Å². The number of aromatic nitrogens is 2. The maximum atomic E-state index is 12.9. The van der Waals surface area contributed by atoms with Crippen LogP contribution in [0.2, 0.25) is 0 Å². The summed E-state index contributed by atoms with van der Waals surface area (Å²) < 4.78 is 1.44. The number of amides is 2. The Hall–Kier alpha value is -2.67. The third-order valence-corrected chi connectivity index (χ3v) is 5.24. The van der Waals surface area contributed by atoms with Gasteiger partial charge in [-0.05, 0) is 31.5 Å². The molecule has 2 aliphatic rings. The summed E-state index contributed by atoms with van der Waals surface area (Å²) >= 11 is 0. The number of carbonyl (C=O) groups excluding carboxylic acids is 2. The van der Waals surface area contributed by atoms with Crippen LogP contribution in [0, 0.1) is 5.41 Å². The maximum Gasteiger partial charge on any atom is 0.274 e. The van der Waals surface area contributed by atoms with Crippen molar-refractivity contribution < 1.29 is 9.59 Å². The predicted molar refractivity (Wildman–Crippen MR) is 92.5 cm³/mol. The number of primary amides is 1. The van der Waals surface area contributed by atoms with Gasteiger partial charge in [0.05, 0.1) is 5.69 Å². The van der Waals surface area contributed by atoms with Gasteiger partial charge in [0, 0.05) is 31.1 Å². The van der Waals surface area contributed by atoms with Crippen molar-refractivity contribution in [3.8, 4) is 5.69 Å². The molecule has 1 aromatic carbocycles. The van der Waals surface area contributed by atoms with Gasteiger partial charge in [-0.25, -0.2) is 4.68 Å². The summed E-state index contributed by atoms with van der Waals surface area (Å²) in [6, 6.07) is 10.7. The smallest absolute Gasteiger partial charge is 0.274 e. The lowest BCUT2D eigenvalue weighted by molar-refractivity contribution is 0.0769. The first-order valence-corrected chi connectivity index (χ1v) is 8.53. The number of nitrogens with one attached hydrogen (secondary N) is 1. The van der Waals surface area contributed by atoms with Crippen LogP contribution in [0.3, 0.4) is 0 Å². The minimum absolute atomic E-state index is 0.138. The standard InChI is InChI=1S/C18H21N5O2/c19-16(24)15-10-14(21-23(15)13-4-2-1-3-5-13)17(25)22-9-7-18(12-22)6-8-20-11-18/h1-5,10,20H,6-9,11-12H2,(H2,19,24). The van der Waals surface area contributed by atoms with E-state index in [1.54, 1.807) is 0 Å². The lowest BCUT2D eigenvalue weighted by Crippen LogP contribution is -2.33. The van der Waals surface area contributed by atoms with Gasteiger partial charge >= 0.3 is 0 Å². The van der Waals surface area contributed by atoms with Gasteiger partial charge in [0.15, 0.2) is 5.69 Å². The molecule has 1 aromatic heterocycles. The first-order valence-electron chi connectivity index (χ1n) is 8.53. The summed E-state index contributed by atoms with van der Waals surface area (Å²) in [5.41, 5.74) is 6.86. The minimum Gasteiger partial charge on any atom is -0.364 e. The highest BCUT2D eigenvalue weighted by Crippen LogP contribution is 2.36. The second kappa shape index (κ2) is 6.00. The molecule has 3 N–H and O–H groups in total. The number of nitrogens with zero attached hydrogens (tertiary/aromatic N) is 3. The predicted octanol–water partition coefficient (Wildman–Crippen LogP) is 0.797. The van der Waals surface area contributed by atoms with Crippen LogP contribution in [0.4, 0.5) is 0 Å². The largest absolute Gasteiger partial charge is 0.364 e. The summed E-state index contributed by atoms with van der Waals surface area (Å²) in [4.78, 5) is 26.5. The molecule has 1 unspecified atom stereocenters. The fourth-order valence-corrected chi connectivity index (χ4v) is 3.84. The van der Waals surface area contributed by atoms with Gasteiger partial charge in [-0.15, -0.1) is 0 Å². The SMILES string of the molecule is NC(=O)c1cc(C(=O)N2CCC3(CCNC3)C2)nn1-c1ccccc1. The number of rotatable bonds is 3. The highest BCUT2D eigenvalue weighted by Gasteiger charge is 2.42. The molecular formula is C18H21N5O2. The van der Waals surface area contributed by atoms with E-state index in [0.29, 0.717) is 5.69 Å². The van der Waals surface area contributed by atoms with Crippen LogP contribution in [0.15, 0.2) is 36.4 Å². The molecule has 0 aliphatic carbocycles. The number of nitrogens with two attached hydrogens (primary N) is 1. The Morgan fingerprint density at radius 1 is 1.20 bits per heavy atom. The Bertz CT molecular complexity index is 808. The van der Waals surface area contributed by atoms with Gasteiger partial charge in [-0.1, -0.05) is 18.2 Å². The van der Waals surface area contributed by atoms with E-state index in [-0.39, 0.29) is 22.7 Å². The van der Waals surface area contributed by atoms with Crippen LogP contribution < -0.4 is 11.1 Å². The molecule has 1 atom stereocenters. The summed E-state index contributed by atoms with van der Waals surface area (Å²) in [5, 5.41) is 7.76. The third-order valence-electron chi connectivity index (χ3n) is 5.24. The molecule has 7 heteroatoms.